The molecular formula is C27H18Br2. The lowest BCUT2D eigenvalue weighted by Crippen LogP contribution is -2.23. The van der Waals surface area contributed by atoms with Gasteiger partial charge >= 0.3 is 0 Å². The predicted molar refractivity (Wildman–Crippen MR) is 132 cm³/mol. The maximum Gasteiger partial charge on any atom is 0.0260 e. The first kappa shape index (κ1) is 17.7. The van der Waals surface area contributed by atoms with Crippen LogP contribution in [0.5, 0.6) is 0 Å². The van der Waals surface area contributed by atoms with Crippen LogP contribution in [0.1, 0.15) is 25.0 Å². The maximum atomic E-state index is 3.82. The molecule has 5 aromatic carbocycles. The molecule has 1 aliphatic carbocycles. The fourth-order valence-corrected chi connectivity index (χ4v) is 6.10. The Balaban J connectivity index is 1.91. The average Bonchev–Trinajstić information content (AvgIpc) is 2.72. The zero-order chi connectivity index (χ0) is 19.9. The molecule has 0 N–H and O–H groups in total. The number of fused-ring (bicyclic) bond motifs is 6. The van der Waals surface area contributed by atoms with Crippen LogP contribution in [0.2, 0.25) is 0 Å². The zero-order valence-electron chi connectivity index (χ0n) is 16.2. The lowest BCUT2D eigenvalue weighted by molar-refractivity contribution is 0.645. The molecule has 5 aromatic rings. The summed E-state index contributed by atoms with van der Waals surface area (Å²) in [6.45, 7) is 4.69. The Morgan fingerprint density at radius 2 is 1.31 bits per heavy atom. The molecule has 140 valence electrons. The van der Waals surface area contributed by atoms with Gasteiger partial charge in [0.05, 0.1) is 0 Å². The van der Waals surface area contributed by atoms with Crippen molar-refractivity contribution in [3.8, 4) is 11.1 Å². The van der Waals surface area contributed by atoms with Gasteiger partial charge in [0, 0.05) is 14.4 Å². The Kier molecular flexibility index (Phi) is 3.62. The Morgan fingerprint density at radius 3 is 2.14 bits per heavy atom. The van der Waals surface area contributed by atoms with E-state index in [1.54, 1.807) is 0 Å². The van der Waals surface area contributed by atoms with E-state index in [1.807, 2.05) is 0 Å². The van der Waals surface area contributed by atoms with E-state index in [-0.39, 0.29) is 5.41 Å². The van der Waals surface area contributed by atoms with Crippen molar-refractivity contribution in [2.24, 2.45) is 0 Å². The van der Waals surface area contributed by atoms with Gasteiger partial charge in [-0.05, 0) is 78.8 Å². The van der Waals surface area contributed by atoms with Crippen molar-refractivity contribution in [2.45, 2.75) is 19.3 Å². The molecule has 2 heteroatoms. The number of hydrogen-bond acceptors (Lipinski definition) is 0. The smallest absolute Gasteiger partial charge is 0.0260 e. The number of halogens is 2. The minimum Gasteiger partial charge on any atom is -0.0616 e. The topological polar surface area (TPSA) is 0 Å². The second kappa shape index (κ2) is 5.93. The predicted octanol–water partition coefficient (Wildman–Crippen LogP) is 8.98. The Hall–Kier alpha value is -2.16. The third-order valence-corrected chi connectivity index (χ3v) is 7.72. The normalized spacial score (nSPS) is 14.5. The molecule has 0 saturated heterocycles. The second-order valence-corrected chi connectivity index (χ2v) is 10.2. The standard InChI is InChI=1S/C27H18Br2/c1-27(2)23-9-5-8-19-21-14-25(29)18-7-4-3-6-16(18)20(21)13-22(26(19)23)17-11-10-15(28)12-24(17)27/h3-14H,1-2H3. The molecule has 0 aliphatic heterocycles. The van der Waals surface area contributed by atoms with Crippen LogP contribution in [0.25, 0.3) is 43.4 Å². The summed E-state index contributed by atoms with van der Waals surface area (Å²) in [5, 5.41) is 7.91. The Labute approximate surface area is 186 Å². The summed E-state index contributed by atoms with van der Waals surface area (Å²) in [5.74, 6) is 0. The van der Waals surface area contributed by atoms with E-state index < -0.39 is 0 Å². The first-order valence-corrected chi connectivity index (χ1v) is 11.4. The van der Waals surface area contributed by atoms with Gasteiger partial charge in [-0.3, -0.25) is 0 Å². The molecule has 0 amide bonds. The summed E-state index contributed by atoms with van der Waals surface area (Å²) in [6.07, 6.45) is 0. The van der Waals surface area contributed by atoms with Crippen LogP contribution < -0.4 is 0 Å². The van der Waals surface area contributed by atoms with Crippen LogP contribution >= 0.6 is 31.9 Å². The minimum absolute atomic E-state index is 0.0482. The SMILES string of the molecule is CC1(C)c2cc(Br)ccc2-c2cc3c4ccccc4c(Br)cc3c3cccc1c23. The molecule has 0 aromatic heterocycles. The molecule has 0 nitrogen and oxygen atoms in total. The number of benzene rings is 5. The molecule has 0 unspecified atom stereocenters. The molecule has 0 radical (unpaired) electrons. The molecule has 0 heterocycles. The number of hydrogen-bond donors (Lipinski definition) is 0. The third kappa shape index (κ3) is 2.30. The van der Waals surface area contributed by atoms with Crippen LogP contribution in [0.4, 0.5) is 0 Å². The van der Waals surface area contributed by atoms with Crippen molar-refractivity contribution in [2.75, 3.05) is 0 Å². The number of rotatable bonds is 0. The van der Waals surface area contributed by atoms with Gasteiger partial charge in [-0.15, -0.1) is 0 Å². The van der Waals surface area contributed by atoms with Crippen LogP contribution in [0, 0.1) is 0 Å². The van der Waals surface area contributed by atoms with E-state index in [0.717, 1.165) is 8.95 Å². The van der Waals surface area contributed by atoms with E-state index in [1.165, 1.54) is 54.6 Å². The van der Waals surface area contributed by atoms with E-state index >= 15 is 0 Å². The monoisotopic (exact) mass is 500 g/mol. The molecule has 1 aliphatic rings. The summed E-state index contributed by atoms with van der Waals surface area (Å²) >= 11 is 7.52. The van der Waals surface area contributed by atoms with Gasteiger partial charge in [0.25, 0.3) is 0 Å². The highest BCUT2D eigenvalue weighted by atomic mass is 79.9. The van der Waals surface area contributed by atoms with Crippen LogP contribution in [0.3, 0.4) is 0 Å². The van der Waals surface area contributed by atoms with Gasteiger partial charge in [-0.25, -0.2) is 0 Å². The largest absolute Gasteiger partial charge is 0.0616 e. The van der Waals surface area contributed by atoms with Crippen molar-refractivity contribution in [1.82, 2.24) is 0 Å². The molecule has 0 bridgehead atoms. The second-order valence-electron chi connectivity index (χ2n) is 8.47. The fraction of sp³-hybridized carbons (Fsp3) is 0.111. The molecule has 6 rings (SSSR count). The molecule has 0 atom stereocenters. The third-order valence-electron chi connectivity index (χ3n) is 6.57. The van der Waals surface area contributed by atoms with Crippen molar-refractivity contribution in [3.63, 3.8) is 0 Å². The van der Waals surface area contributed by atoms with Gasteiger partial charge in [0.2, 0.25) is 0 Å². The molecule has 0 fully saturated rings. The quantitative estimate of drug-likeness (QED) is 0.186. The van der Waals surface area contributed by atoms with Crippen molar-refractivity contribution < 1.29 is 0 Å². The van der Waals surface area contributed by atoms with E-state index in [2.05, 4.69) is 119 Å². The van der Waals surface area contributed by atoms with E-state index in [0.29, 0.717) is 0 Å². The van der Waals surface area contributed by atoms with Gasteiger partial charge in [-0.2, -0.15) is 0 Å². The van der Waals surface area contributed by atoms with Crippen LogP contribution in [-0.4, -0.2) is 0 Å². The van der Waals surface area contributed by atoms with Gasteiger partial charge in [-0.1, -0.05) is 94.2 Å². The van der Waals surface area contributed by atoms with Gasteiger partial charge < -0.3 is 0 Å². The average molecular weight is 502 g/mol. The van der Waals surface area contributed by atoms with Crippen molar-refractivity contribution in [1.29, 1.82) is 0 Å². The van der Waals surface area contributed by atoms with Gasteiger partial charge in [0.15, 0.2) is 0 Å². The van der Waals surface area contributed by atoms with Gasteiger partial charge in [0.1, 0.15) is 0 Å². The Bertz CT molecular complexity index is 1490. The molecular weight excluding hydrogens is 484 g/mol. The van der Waals surface area contributed by atoms with Crippen LogP contribution in [-0.2, 0) is 5.41 Å². The van der Waals surface area contributed by atoms with E-state index in [4.69, 9.17) is 0 Å². The summed E-state index contributed by atoms with van der Waals surface area (Å²) in [4.78, 5) is 0. The van der Waals surface area contributed by atoms with Crippen molar-refractivity contribution >= 4 is 64.2 Å². The highest BCUT2D eigenvalue weighted by Crippen LogP contribution is 2.51. The zero-order valence-corrected chi connectivity index (χ0v) is 19.4. The molecule has 0 saturated carbocycles. The maximum absolute atomic E-state index is 3.82. The summed E-state index contributed by atoms with van der Waals surface area (Å²) in [5.41, 5.74) is 5.43. The molecule has 0 spiro atoms. The first-order chi connectivity index (χ1) is 14.0. The van der Waals surface area contributed by atoms with Crippen molar-refractivity contribution in [3.05, 3.63) is 92.9 Å². The minimum atomic E-state index is -0.0482. The highest BCUT2D eigenvalue weighted by molar-refractivity contribution is 9.11. The fourth-order valence-electron chi connectivity index (χ4n) is 5.16. The van der Waals surface area contributed by atoms with Crippen LogP contribution in [0.15, 0.2) is 81.7 Å². The highest BCUT2D eigenvalue weighted by Gasteiger charge is 2.34. The summed E-state index contributed by atoms with van der Waals surface area (Å²) < 4.78 is 2.29. The summed E-state index contributed by atoms with van der Waals surface area (Å²) in [6, 6.07) is 26.9. The first-order valence-electron chi connectivity index (χ1n) is 9.84. The molecule has 29 heavy (non-hydrogen) atoms. The van der Waals surface area contributed by atoms with E-state index in [9.17, 15) is 0 Å². The lowest BCUT2D eigenvalue weighted by Gasteiger charge is -2.35. The Morgan fingerprint density at radius 1 is 0.586 bits per heavy atom. The summed E-state index contributed by atoms with van der Waals surface area (Å²) in [7, 11) is 0. The lowest BCUT2D eigenvalue weighted by atomic mass is 9.68.